The monoisotopic (exact) mass is 346 g/mol. The Morgan fingerprint density at radius 3 is 2.25 bits per heavy atom. The topological polar surface area (TPSA) is 89.9 Å². The quantitative estimate of drug-likeness (QED) is 0.766. The van der Waals surface area contributed by atoms with Crippen molar-refractivity contribution in [2.24, 2.45) is 23.2 Å². The molecule has 8 heteroatoms. The molecule has 0 aromatic heterocycles. The summed E-state index contributed by atoms with van der Waals surface area (Å²) in [6.45, 7) is -0.0978. The van der Waals surface area contributed by atoms with Gasteiger partial charge >= 0.3 is 23.8 Å². The summed E-state index contributed by atoms with van der Waals surface area (Å²) in [5.74, 6) is -7.13. The van der Waals surface area contributed by atoms with Gasteiger partial charge in [0.2, 0.25) is 0 Å². The normalized spacial score (nSPS) is 37.1. The molecule has 4 aliphatic carbocycles. The van der Waals surface area contributed by atoms with Crippen LogP contribution in [-0.2, 0) is 23.9 Å². The Balaban J connectivity index is 1.70. The molecule has 0 amide bonds. The molecule has 1 N–H and O–H groups in total. The molecule has 4 aliphatic rings. The van der Waals surface area contributed by atoms with Crippen LogP contribution in [0, 0.1) is 23.2 Å². The fraction of sp³-hybridized carbons (Fsp3) is 0.812. The van der Waals surface area contributed by atoms with Gasteiger partial charge in [0, 0.05) is 6.92 Å². The predicted molar refractivity (Wildman–Crippen MR) is 75.1 cm³/mol. The van der Waals surface area contributed by atoms with Crippen molar-refractivity contribution < 1.29 is 37.7 Å². The van der Waals surface area contributed by atoms with Crippen LogP contribution in [0.5, 0.6) is 0 Å². The molecular formula is C16H20F2O6. The second kappa shape index (κ2) is 5.67. The second-order valence-corrected chi connectivity index (χ2v) is 7.41. The highest BCUT2D eigenvalue weighted by atomic mass is 19.3. The molecule has 0 aromatic carbocycles. The lowest BCUT2D eigenvalue weighted by molar-refractivity contribution is -0.202. The van der Waals surface area contributed by atoms with Crippen LogP contribution in [-0.4, -0.2) is 41.6 Å². The lowest BCUT2D eigenvalue weighted by atomic mass is 9.48. The number of hydrogen-bond acceptors (Lipinski definition) is 5. The number of carbonyl (C=O) groups excluding carboxylic acids is 2. The van der Waals surface area contributed by atoms with Crippen LogP contribution >= 0.6 is 0 Å². The largest absolute Gasteiger partial charge is 0.477 e. The van der Waals surface area contributed by atoms with Gasteiger partial charge in [-0.05, 0) is 49.9 Å². The van der Waals surface area contributed by atoms with Gasteiger partial charge in [-0.15, -0.1) is 0 Å². The van der Waals surface area contributed by atoms with Gasteiger partial charge in [0.25, 0.3) is 0 Å². The molecule has 0 saturated heterocycles. The minimum absolute atomic E-state index is 0.0349. The van der Waals surface area contributed by atoms with E-state index in [1.807, 2.05) is 0 Å². The molecule has 4 rings (SSSR count). The molecule has 4 saturated carbocycles. The zero-order valence-corrected chi connectivity index (χ0v) is 13.3. The van der Waals surface area contributed by atoms with Crippen molar-refractivity contribution in [1.82, 2.24) is 0 Å². The van der Waals surface area contributed by atoms with Gasteiger partial charge in [0.05, 0.1) is 5.41 Å². The molecule has 4 fully saturated rings. The minimum Gasteiger partial charge on any atom is -0.477 e. The second-order valence-electron chi connectivity index (χ2n) is 7.41. The summed E-state index contributed by atoms with van der Waals surface area (Å²) in [5, 5.41) is 8.42. The van der Waals surface area contributed by atoms with Gasteiger partial charge in [-0.25, -0.2) is 4.79 Å². The third-order valence-electron chi connectivity index (χ3n) is 5.62. The maximum atomic E-state index is 13.1. The summed E-state index contributed by atoms with van der Waals surface area (Å²) in [4.78, 5) is 34.1. The predicted octanol–water partition coefficient (Wildman–Crippen LogP) is 2.01. The van der Waals surface area contributed by atoms with Crippen LogP contribution in [0.1, 0.15) is 39.0 Å². The number of esters is 2. The van der Waals surface area contributed by atoms with Crippen molar-refractivity contribution in [3.8, 4) is 0 Å². The van der Waals surface area contributed by atoms with Crippen molar-refractivity contribution in [2.45, 2.75) is 51.1 Å². The van der Waals surface area contributed by atoms with E-state index < -0.39 is 29.9 Å². The Kier molecular flexibility index (Phi) is 4.04. The average molecular weight is 346 g/mol. The summed E-state index contributed by atoms with van der Waals surface area (Å²) in [7, 11) is 0. The van der Waals surface area contributed by atoms with Crippen LogP contribution < -0.4 is 0 Å². The third kappa shape index (κ3) is 2.86. The summed E-state index contributed by atoms with van der Waals surface area (Å²) in [6.07, 6.45) is 2.94. The van der Waals surface area contributed by atoms with E-state index in [1.165, 1.54) is 6.92 Å². The first kappa shape index (κ1) is 17.1. The van der Waals surface area contributed by atoms with Crippen LogP contribution in [0.25, 0.3) is 0 Å². The molecule has 24 heavy (non-hydrogen) atoms. The molecule has 0 aliphatic heterocycles. The van der Waals surface area contributed by atoms with E-state index in [9.17, 15) is 23.2 Å². The molecule has 4 bridgehead atoms. The first-order valence-corrected chi connectivity index (χ1v) is 8.09. The van der Waals surface area contributed by atoms with Crippen molar-refractivity contribution in [1.29, 1.82) is 0 Å². The lowest BCUT2D eigenvalue weighted by Gasteiger charge is -2.57. The molecule has 0 heterocycles. The molecule has 6 nitrogen and oxygen atoms in total. The number of alkyl halides is 2. The number of aliphatic carboxylic acids is 1. The van der Waals surface area contributed by atoms with Gasteiger partial charge in [-0.3, -0.25) is 9.59 Å². The Morgan fingerprint density at radius 2 is 1.75 bits per heavy atom. The fourth-order valence-electron chi connectivity index (χ4n) is 4.98. The maximum Gasteiger partial charge on any atom is 0.378 e. The van der Waals surface area contributed by atoms with Crippen LogP contribution in [0.15, 0.2) is 0 Å². The summed E-state index contributed by atoms with van der Waals surface area (Å²) < 4.78 is 36.4. The number of carboxylic acid groups (broad SMARTS) is 1. The number of halogens is 2. The summed E-state index contributed by atoms with van der Waals surface area (Å²) in [5.41, 5.74) is -0.846. The molecule has 0 spiro atoms. The minimum atomic E-state index is -4.09. The van der Waals surface area contributed by atoms with Crippen molar-refractivity contribution in [3.63, 3.8) is 0 Å². The molecule has 2 atom stereocenters. The maximum absolute atomic E-state index is 13.1. The van der Waals surface area contributed by atoms with Crippen molar-refractivity contribution in [3.05, 3.63) is 0 Å². The van der Waals surface area contributed by atoms with Gasteiger partial charge < -0.3 is 14.6 Å². The van der Waals surface area contributed by atoms with E-state index in [-0.39, 0.29) is 23.9 Å². The van der Waals surface area contributed by atoms with Gasteiger partial charge in [0.15, 0.2) is 6.61 Å². The van der Waals surface area contributed by atoms with Gasteiger partial charge in [0.1, 0.15) is 6.10 Å². The number of rotatable bonds is 5. The zero-order chi connectivity index (χ0) is 17.7. The SMILES string of the molecule is CC(=O)OC1C2CC3CC1CC(C(=O)OCC(F)(F)C(=O)O)(C3)C2. The van der Waals surface area contributed by atoms with Crippen LogP contribution in [0.2, 0.25) is 0 Å². The number of carboxylic acids is 1. The summed E-state index contributed by atoms with van der Waals surface area (Å²) >= 11 is 0. The first-order valence-electron chi connectivity index (χ1n) is 8.09. The van der Waals surface area contributed by atoms with E-state index in [1.54, 1.807) is 0 Å². The average Bonchev–Trinajstić information content (AvgIpc) is 2.47. The smallest absolute Gasteiger partial charge is 0.378 e. The highest BCUT2D eigenvalue weighted by molar-refractivity contribution is 5.79. The van der Waals surface area contributed by atoms with E-state index in [2.05, 4.69) is 0 Å². The number of carbonyl (C=O) groups is 3. The first-order chi connectivity index (χ1) is 11.1. The Morgan fingerprint density at radius 1 is 1.17 bits per heavy atom. The van der Waals surface area contributed by atoms with Gasteiger partial charge in [-0.1, -0.05) is 0 Å². The van der Waals surface area contributed by atoms with Crippen LogP contribution in [0.4, 0.5) is 8.78 Å². The standard InChI is InChI=1S/C16H20F2O6/c1-8(19)24-12-10-2-9-3-11(12)6-15(4-9,5-10)14(22)23-7-16(17,18)13(20)21/h9-12H,2-7H2,1H3,(H,20,21). The highest BCUT2D eigenvalue weighted by Crippen LogP contribution is 2.61. The third-order valence-corrected chi connectivity index (χ3v) is 5.62. The van der Waals surface area contributed by atoms with E-state index in [0.29, 0.717) is 25.2 Å². The van der Waals surface area contributed by atoms with E-state index in [0.717, 1.165) is 12.8 Å². The Labute approximate surface area is 137 Å². The van der Waals surface area contributed by atoms with E-state index >= 15 is 0 Å². The molecule has 2 unspecified atom stereocenters. The van der Waals surface area contributed by atoms with Crippen LogP contribution in [0.3, 0.4) is 0 Å². The molecular weight excluding hydrogens is 326 g/mol. The molecule has 0 aromatic rings. The summed E-state index contributed by atoms with van der Waals surface area (Å²) in [6, 6.07) is 0. The molecule has 0 radical (unpaired) electrons. The zero-order valence-electron chi connectivity index (χ0n) is 13.3. The Bertz CT molecular complexity index is 559. The van der Waals surface area contributed by atoms with Gasteiger partial charge in [-0.2, -0.15) is 8.78 Å². The fourth-order valence-corrected chi connectivity index (χ4v) is 4.98. The highest BCUT2D eigenvalue weighted by Gasteiger charge is 2.60. The molecule has 134 valence electrons. The van der Waals surface area contributed by atoms with E-state index in [4.69, 9.17) is 14.6 Å². The van der Waals surface area contributed by atoms with Crippen molar-refractivity contribution >= 4 is 17.9 Å². The lowest BCUT2D eigenvalue weighted by Crippen LogP contribution is -2.57. The Hall–Kier alpha value is -1.73. The number of hydrogen-bond donors (Lipinski definition) is 1. The van der Waals surface area contributed by atoms with Crippen molar-refractivity contribution in [2.75, 3.05) is 6.61 Å². The number of ether oxygens (including phenoxy) is 2.